The lowest BCUT2D eigenvalue weighted by atomic mass is 9.76. The molecule has 6 heteroatoms. The molecule has 0 saturated carbocycles. The topological polar surface area (TPSA) is 96.2 Å². The van der Waals surface area contributed by atoms with Crippen molar-refractivity contribution in [2.24, 2.45) is 5.16 Å². The molecule has 2 N–H and O–H groups in total. The van der Waals surface area contributed by atoms with E-state index in [-0.39, 0.29) is 41.4 Å². The molecule has 0 aliphatic heterocycles. The quantitative estimate of drug-likeness (QED) is 0.570. The first-order chi connectivity index (χ1) is 12.7. The Morgan fingerprint density at radius 1 is 1.22 bits per heavy atom. The van der Waals surface area contributed by atoms with Crippen LogP contribution in [-0.2, 0) is 9.63 Å². The second kappa shape index (κ2) is 8.37. The number of hydrogen-bond donors (Lipinski definition) is 2. The van der Waals surface area contributed by atoms with Gasteiger partial charge in [-0.2, -0.15) is 0 Å². The van der Waals surface area contributed by atoms with Gasteiger partial charge in [-0.25, -0.2) is 4.79 Å². The van der Waals surface area contributed by atoms with Crippen LogP contribution in [0.2, 0.25) is 0 Å². The highest BCUT2D eigenvalue weighted by Gasteiger charge is 2.33. The molecule has 0 fully saturated rings. The first-order valence-electron chi connectivity index (χ1n) is 9.21. The fourth-order valence-electron chi connectivity index (χ4n) is 4.01. The number of nitrogens with zero attached hydrogens (tertiary/aromatic N) is 1. The summed E-state index contributed by atoms with van der Waals surface area (Å²) in [7, 11) is 0. The molecule has 0 heterocycles. The number of aromatic carboxylic acids is 1. The molecule has 1 aliphatic rings. The number of carboxylic acids is 1. The third-order valence-corrected chi connectivity index (χ3v) is 5.02. The van der Waals surface area contributed by atoms with E-state index >= 15 is 0 Å². The molecule has 2 rings (SSSR count). The summed E-state index contributed by atoms with van der Waals surface area (Å²) in [5.74, 6) is -1.44. The predicted octanol–water partition coefficient (Wildman–Crippen LogP) is 4.37. The number of carbonyl (C=O) groups is 2. The molecule has 1 aliphatic carbocycles. The SMILES string of the molecule is CCON=C(CC)C1=C(O)CC(c2c(C)cc(C)c(C(=O)O)c2C)CC1=O. The van der Waals surface area contributed by atoms with Crippen molar-refractivity contribution in [2.45, 2.75) is 59.8 Å². The van der Waals surface area contributed by atoms with Crippen LogP contribution >= 0.6 is 0 Å². The smallest absolute Gasteiger partial charge is 0.336 e. The van der Waals surface area contributed by atoms with Crippen molar-refractivity contribution >= 4 is 17.5 Å². The van der Waals surface area contributed by atoms with Gasteiger partial charge >= 0.3 is 5.97 Å². The third kappa shape index (κ3) is 4.04. The average Bonchev–Trinajstić information content (AvgIpc) is 2.56. The lowest BCUT2D eigenvalue weighted by Gasteiger charge is -2.27. The van der Waals surface area contributed by atoms with Crippen LogP contribution in [0.3, 0.4) is 0 Å². The zero-order valence-corrected chi connectivity index (χ0v) is 16.5. The Balaban J connectivity index is 2.50. The van der Waals surface area contributed by atoms with Crippen molar-refractivity contribution in [1.29, 1.82) is 0 Å². The number of oxime groups is 1. The Hall–Kier alpha value is -2.63. The molecule has 0 spiro atoms. The van der Waals surface area contributed by atoms with E-state index < -0.39 is 5.97 Å². The van der Waals surface area contributed by atoms with E-state index in [2.05, 4.69) is 5.16 Å². The van der Waals surface area contributed by atoms with E-state index in [4.69, 9.17) is 4.84 Å². The van der Waals surface area contributed by atoms with Crippen LogP contribution in [0.5, 0.6) is 0 Å². The number of ketones is 1. The van der Waals surface area contributed by atoms with Crippen LogP contribution in [0.15, 0.2) is 22.6 Å². The van der Waals surface area contributed by atoms with Gasteiger partial charge in [-0.05, 0) is 62.3 Å². The number of aryl methyl sites for hydroxylation is 2. The van der Waals surface area contributed by atoms with Gasteiger partial charge in [-0.1, -0.05) is 18.1 Å². The maximum Gasteiger partial charge on any atom is 0.336 e. The molecule has 1 unspecified atom stereocenters. The minimum absolute atomic E-state index is 0.00666. The van der Waals surface area contributed by atoms with E-state index in [0.717, 1.165) is 11.1 Å². The number of carboxylic acid groups (broad SMARTS) is 1. The lowest BCUT2D eigenvalue weighted by Crippen LogP contribution is -2.25. The zero-order valence-electron chi connectivity index (χ0n) is 16.5. The number of allylic oxidation sites excluding steroid dienone is 2. The maximum absolute atomic E-state index is 12.8. The van der Waals surface area contributed by atoms with E-state index in [1.165, 1.54) is 0 Å². The monoisotopic (exact) mass is 373 g/mol. The van der Waals surface area contributed by atoms with Crippen molar-refractivity contribution in [3.05, 3.63) is 45.2 Å². The standard InChI is InChI=1S/C21H27NO5/c1-6-15(22-27-7-2)20-16(23)9-14(10-17(20)24)18-11(3)8-12(4)19(13(18)5)21(25)26/h8,14,23H,6-7,9-10H2,1-5H3,(H,25,26). The van der Waals surface area contributed by atoms with Gasteiger partial charge in [0, 0.05) is 12.8 Å². The Morgan fingerprint density at radius 3 is 2.41 bits per heavy atom. The molecule has 6 nitrogen and oxygen atoms in total. The van der Waals surface area contributed by atoms with Crippen LogP contribution < -0.4 is 0 Å². The van der Waals surface area contributed by atoms with E-state index in [0.29, 0.717) is 29.9 Å². The third-order valence-electron chi connectivity index (χ3n) is 5.02. The number of aliphatic hydroxyl groups is 1. The Bertz CT molecular complexity index is 835. The van der Waals surface area contributed by atoms with Crippen LogP contribution in [0.4, 0.5) is 0 Å². The summed E-state index contributed by atoms with van der Waals surface area (Å²) in [5, 5.41) is 24.1. The predicted molar refractivity (Wildman–Crippen MR) is 104 cm³/mol. The first kappa shape index (κ1) is 20.7. The Morgan fingerprint density at radius 2 is 1.89 bits per heavy atom. The van der Waals surface area contributed by atoms with Gasteiger partial charge < -0.3 is 15.1 Å². The van der Waals surface area contributed by atoms with Crippen molar-refractivity contribution in [1.82, 2.24) is 0 Å². The lowest BCUT2D eigenvalue weighted by molar-refractivity contribution is -0.116. The molecule has 0 bridgehead atoms. The second-order valence-electron chi connectivity index (χ2n) is 6.89. The van der Waals surface area contributed by atoms with Crippen molar-refractivity contribution in [3.63, 3.8) is 0 Å². The highest BCUT2D eigenvalue weighted by molar-refractivity contribution is 6.23. The Labute approximate surface area is 159 Å². The van der Waals surface area contributed by atoms with Gasteiger partial charge in [0.25, 0.3) is 0 Å². The molecule has 1 atom stereocenters. The fraction of sp³-hybridized carbons (Fsp3) is 0.476. The summed E-state index contributed by atoms with van der Waals surface area (Å²) >= 11 is 0. The van der Waals surface area contributed by atoms with Gasteiger partial charge in [-0.3, -0.25) is 4.79 Å². The van der Waals surface area contributed by atoms with Crippen LogP contribution in [0.25, 0.3) is 0 Å². The van der Waals surface area contributed by atoms with Crippen molar-refractivity contribution in [2.75, 3.05) is 6.61 Å². The van der Waals surface area contributed by atoms with Crippen LogP contribution in [-0.4, -0.2) is 34.3 Å². The molecular weight excluding hydrogens is 346 g/mol. The number of aliphatic hydroxyl groups excluding tert-OH is 1. The number of carbonyl (C=O) groups excluding carboxylic acids is 1. The number of Topliss-reactive ketones (excluding diaryl/α,β-unsaturated/α-hetero) is 1. The van der Waals surface area contributed by atoms with Gasteiger partial charge in [0.15, 0.2) is 5.78 Å². The van der Waals surface area contributed by atoms with Crippen LogP contribution in [0.1, 0.15) is 71.6 Å². The molecule has 0 amide bonds. The largest absolute Gasteiger partial charge is 0.511 e. The van der Waals surface area contributed by atoms with E-state index in [1.807, 2.05) is 19.9 Å². The summed E-state index contributed by atoms with van der Waals surface area (Å²) in [6.45, 7) is 9.49. The number of hydrogen-bond acceptors (Lipinski definition) is 5. The fourth-order valence-corrected chi connectivity index (χ4v) is 4.01. The summed E-state index contributed by atoms with van der Waals surface area (Å²) < 4.78 is 0. The highest BCUT2D eigenvalue weighted by atomic mass is 16.6. The summed E-state index contributed by atoms with van der Waals surface area (Å²) in [4.78, 5) is 29.5. The zero-order chi connectivity index (χ0) is 20.3. The van der Waals surface area contributed by atoms with E-state index in [1.54, 1.807) is 20.8 Å². The van der Waals surface area contributed by atoms with Gasteiger partial charge in [0.05, 0.1) is 16.8 Å². The van der Waals surface area contributed by atoms with Gasteiger partial charge in [0.1, 0.15) is 12.4 Å². The minimum atomic E-state index is -0.981. The molecule has 0 saturated heterocycles. The normalized spacial score (nSPS) is 18.0. The Kier molecular flexibility index (Phi) is 6.41. The average molecular weight is 373 g/mol. The summed E-state index contributed by atoms with van der Waals surface area (Å²) in [6, 6.07) is 1.83. The van der Waals surface area contributed by atoms with Crippen molar-refractivity contribution < 1.29 is 24.6 Å². The molecule has 0 aromatic heterocycles. The first-order valence-corrected chi connectivity index (χ1v) is 9.21. The van der Waals surface area contributed by atoms with Crippen molar-refractivity contribution in [3.8, 4) is 0 Å². The molecule has 27 heavy (non-hydrogen) atoms. The van der Waals surface area contributed by atoms with Gasteiger partial charge in [0.2, 0.25) is 0 Å². The summed E-state index contributed by atoms with van der Waals surface area (Å²) in [5.41, 5.74) is 4.07. The molecule has 1 aromatic rings. The molecule has 0 radical (unpaired) electrons. The highest BCUT2D eigenvalue weighted by Crippen LogP contribution is 2.39. The second-order valence-corrected chi connectivity index (χ2v) is 6.89. The maximum atomic E-state index is 12.8. The molecule has 146 valence electrons. The summed E-state index contributed by atoms with van der Waals surface area (Å²) in [6.07, 6.45) is 0.950. The van der Waals surface area contributed by atoms with E-state index in [9.17, 15) is 19.8 Å². The minimum Gasteiger partial charge on any atom is -0.511 e. The molecule has 1 aromatic carbocycles. The molecular formula is C21H27NO5. The van der Waals surface area contributed by atoms with Gasteiger partial charge in [-0.15, -0.1) is 0 Å². The number of benzene rings is 1. The number of rotatable bonds is 6. The van der Waals surface area contributed by atoms with Crippen LogP contribution in [0, 0.1) is 20.8 Å².